The average molecular weight is 471 g/mol. The standard InChI is InChI=1S/C28H23FN2O4/c1-35-21-11-12-23-22(15-21)19(16-30-23)13-14-31-25(17-7-9-20(29)10-8-17)24(27(33)28(31)34)26(32)18-5-3-2-4-6-18/h2-12,15-16,25,30,32H,13-14H2,1H3/b26-24-. The van der Waals surface area contributed by atoms with Crippen LogP contribution in [0.2, 0.25) is 0 Å². The number of rotatable bonds is 6. The summed E-state index contributed by atoms with van der Waals surface area (Å²) >= 11 is 0. The molecule has 4 aromatic rings. The monoisotopic (exact) mass is 470 g/mol. The minimum atomic E-state index is -0.837. The molecule has 1 aromatic heterocycles. The molecule has 0 spiro atoms. The minimum absolute atomic E-state index is 0.00611. The highest BCUT2D eigenvalue weighted by molar-refractivity contribution is 6.46. The molecule has 176 valence electrons. The molecule has 0 aliphatic carbocycles. The van der Waals surface area contributed by atoms with Crippen molar-refractivity contribution in [2.45, 2.75) is 12.5 Å². The third kappa shape index (κ3) is 4.05. The van der Waals surface area contributed by atoms with Crippen molar-refractivity contribution < 1.29 is 23.8 Å². The number of ketones is 1. The van der Waals surface area contributed by atoms with Crippen LogP contribution < -0.4 is 4.74 Å². The predicted octanol–water partition coefficient (Wildman–Crippen LogP) is 4.98. The number of carbonyl (C=O) groups excluding carboxylic acids is 2. The van der Waals surface area contributed by atoms with Crippen molar-refractivity contribution in [1.29, 1.82) is 0 Å². The number of nitrogens with one attached hydrogen (secondary N) is 1. The molecule has 7 heteroatoms. The van der Waals surface area contributed by atoms with Crippen LogP contribution in [0.1, 0.15) is 22.7 Å². The molecule has 1 unspecified atom stereocenters. The third-order valence-corrected chi connectivity index (χ3v) is 6.37. The second kappa shape index (κ2) is 9.10. The van der Waals surface area contributed by atoms with Crippen LogP contribution in [-0.4, -0.2) is 40.3 Å². The van der Waals surface area contributed by atoms with E-state index in [1.807, 2.05) is 24.4 Å². The molecule has 35 heavy (non-hydrogen) atoms. The molecule has 0 radical (unpaired) electrons. The number of methoxy groups -OCH3 is 1. The van der Waals surface area contributed by atoms with Gasteiger partial charge in [0.2, 0.25) is 0 Å². The Kier molecular flexibility index (Phi) is 5.82. The Hall–Kier alpha value is -4.39. The molecule has 2 N–H and O–H groups in total. The first kappa shape index (κ1) is 22.4. The fourth-order valence-electron chi connectivity index (χ4n) is 4.59. The van der Waals surface area contributed by atoms with E-state index in [2.05, 4.69) is 4.98 Å². The number of amides is 1. The van der Waals surface area contributed by atoms with Crippen LogP contribution in [0.4, 0.5) is 4.39 Å². The van der Waals surface area contributed by atoms with Crippen molar-refractivity contribution >= 4 is 28.4 Å². The van der Waals surface area contributed by atoms with Crippen molar-refractivity contribution in [1.82, 2.24) is 9.88 Å². The predicted molar refractivity (Wildman–Crippen MR) is 130 cm³/mol. The lowest BCUT2D eigenvalue weighted by molar-refractivity contribution is -0.139. The number of H-pyrrole nitrogens is 1. The molecule has 5 rings (SSSR count). The zero-order valence-corrected chi connectivity index (χ0v) is 19.0. The Morgan fingerprint density at radius 2 is 1.80 bits per heavy atom. The summed E-state index contributed by atoms with van der Waals surface area (Å²) in [7, 11) is 1.60. The highest BCUT2D eigenvalue weighted by atomic mass is 19.1. The number of hydrogen-bond donors (Lipinski definition) is 2. The summed E-state index contributed by atoms with van der Waals surface area (Å²) in [6.45, 7) is 0.225. The van der Waals surface area contributed by atoms with Gasteiger partial charge in [0.1, 0.15) is 17.3 Å². The lowest BCUT2D eigenvalue weighted by atomic mass is 9.95. The molecule has 1 atom stereocenters. The van der Waals surface area contributed by atoms with E-state index in [0.29, 0.717) is 23.3 Å². The molecular formula is C28H23FN2O4. The summed E-state index contributed by atoms with van der Waals surface area (Å²) in [6, 6.07) is 19.1. The molecule has 1 amide bonds. The summed E-state index contributed by atoms with van der Waals surface area (Å²) in [5.41, 5.74) is 2.86. The zero-order chi connectivity index (χ0) is 24.5. The fraction of sp³-hybridized carbons (Fsp3) is 0.143. The van der Waals surface area contributed by atoms with Crippen LogP contribution >= 0.6 is 0 Å². The topological polar surface area (TPSA) is 82.6 Å². The number of benzene rings is 3. The number of halogens is 1. The summed E-state index contributed by atoms with van der Waals surface area (Å²) in [6.07, 6.45) is 2.33. The second-order valence-electron chi connectivity index (χ2n) is 8.39. The minimum Gasteiger partial charge on any atom is -0.507 e. The number of carbonyl (C=O) groups is 2. The highest BCUT2D eigenvalue weighted by Gasteiger charge is 2.45. The van der Waals surface area contributed by atoms with E-state index in [-0.39, 0.29) is 17.9 Å². The molecule has 0 bridgehead atoms. The largest absolute Gasteiger partial charge is 0.507 e. The number of aromatic nitrogens is 1. The quantitative estimate of drug-likeness (QED) is 0.237. The Balaban J connectivity index is 1.55. The molecule has 6 nitrogen and oxygen atoms in total. The van der Waals surface area contributed by atoms with Crippen molar-refractivity contribution in [2.75, 3.05) is 13.7 Å². The molecule has 1 fully saturated rings. The van der Waals surface area contributed by atoms with Gasteiger partial charge in [-0.25, -0.2) is 4.39 Å². The molecule has 0 saturated carbocycles. The van der Waals surface area contributed by atoms with Crippen molar-refractivity contribution in [3.63, 3.8) is 0 Å². The van der Waals surface area contributed by atoms with Gasteiger partial charge in [0.15, 0.2) is 0 Å². The van der Waals surface area contributed by atoms with Gasteiger partial charge in [-0.2, -0.15) is 0 Å². The Labute approximate surface area is 201 Å². The number of hydrogen-bond acceptors (Lipinski definition) is 4. The number of aliphatic hydroxyl groups excluding tert-OH is 1. The van der Waals surface area contributed by atoms with E-state index >= 15 is 0 Å². The Bertz CT molecular complexity index is 1440. The summed E-state index contributed by atoms with van der Waals surface area (Å²) in [5.74, 6) is -1.43. The van der Waals surface area contributed by atoms with Gasteiger partial charge in [-0.1, -0.05) is 42.5 Å². The van der Waals surface area contributed by atoms with Crippen LogP contribution in [0.5, 0.6) is 5.75 Å². The smallest absolute Gasteiger partial charge is 0.295 e. The normalized spacial score (nSPS) is 17.3. The molecule has 1 aliphatic heterocycles. The summed E-state index contributed by atoms with van der Waals surface area (Å²) < 4.78 is 19.0. The van der Waals surface area contributed by atoms with Gasteiger partial charge < -0.3 is 19.7 Å². The van der Waals surface area contributed by atoms with Crippen LogP contribution in [0.25, 0.3) is 16.7 Å². The number of nitrogens with zero attached hydrogens (tertiary/aromatic N) is 1. The van der Waals surface area contributed by atoms with Crippen LogP contribution in [0.3, 0.4) is 0 Å². The molecular weight excluding hydrogens is 447 g/mol. The van der Waals surface area contributed by atoms with E-state index in [4.69, 9.17) is 4.74 Å². The fourth-order valence-corrected chi connectivity index (χ4v) is 4.59. The maximum Gasteiger partial charge on any atom is 0.295 e. The van der Waals surface area contributed by atoms with E-state index in [1.165, 1.54) is 29.2 Å². The lowest BCUT2D eigenvalue weighted by Crippen LogP contribution is -2.31. The van der Waals surface area contributed by atoms with Crippen molar-refractivity contribution in [2.24, 2.45) is 0 Å². The van der Waals surface area contributed by atoms with Crippen LogP contribution in [-0.2, 0) is 16.0 Å². The molecule has 1 saturated heterocycles. The van der Waals surface area contributed by atoms with Crippen LogP contribution in [0.15, 0.2) is 84.6 Å². The zero-order valence-electron chi connectivity index (χ0n) is 19.0. The van der Waals surface area contributed by atoms with E-state index in [1.54, 1.807) is 37.4 Å². The second-order valence-corrected chi connectivity index (χ2v) is 8.39. The maximum absolute atomic E-state index is 13.7. The van der Waals surface area contributed by atoms with Crippen molar-refractivity contribution in [3.05, 3.63) is 107 Å². The van der Waals surface area contributed by atoms with E-state index < -0.39 is 23.5 Å². The first-order valence-electron chi connectivity index (χ1n) is 11.2. The Morgan fingerprint density at radius 3 is 2.51 bits per heavy atom. The van der Waals surface area contributed by atoms with Gasteiger partial charge in [0, 0.05) is 29.2 Å². The number of aliphatic hydroxyl groups is 1. The maximum atomic E-state index is 13.7. The number of likely N-dealkylation sites (tertiary alicyclic amines) is 1. The van der Waals surface area contributed by atoms with E-state index in [9.17, 15) is 19.1 Å². The lowest BCUT2D eigenvalue weighted by Gasteiger charge is -2.25. The summed E-state index contributed by atoms with van der Waals surface area (Å²) in [4.78, 5) is 31.0. The molecule has 2 heterocycles. The van der Waals surface area contributed by atoms with Gasteiger partial charge in [-0.05, 0) is 47.9 Å². The first-order valence-corrected chi connectivity index (χ1v) is 11.2. The van der Waals surface area contributed by atoms with Gasteiger partial charge >= 0.3 is 0 Å². The van der Waals surface area contributed by atoms with Gasteiger partial charge in [-0.15, -0.1) is 0 Å². The number of ether oxygens (including phenoxy) is 1. The Morgan fingerprint density at radius 1 is 1.06 bits per heavy atom. The van der Waals surface area contributed by atoms with Crippen molar-refractivity contribution in [3.8, 4) is 5.75 Å². The van der Waals surface area contributed by atoms with Gasteiger partial charge in [-0.3, -0.25) is 9.59 Å². The summed E-state index contributed by atoms with van der Waals surface area (Å²) in [5, 5.41) is 12.0. The number of fused-ring (bicyclic) bond motifs is 1. The SMILES string of the molecule is COc1ccc2[nH]cc(CCN3C(=O)C(=O)/C(=C(\O)c4ccccc4)C3c3ccc(F)cc3)c2c1. The molecule has 1 aliphatic rings. The average Bonchev–Trinajstić information content (AvgIpc) is 3.41. The van der Waals surface area contributed by atoms with Crippen LogP contribution in [0, 0.1) is 5.82 Å². The first-order chi connectivity index (χ1) is 17.0. The highest BCUT2D eigenvalue weighted by Crippen LogP contribution is 2.39. The van der Waals surface area contributed by atoms with Gasteiger partial charge in [0.05, 0.1) is 18.7 Å². The third-order valence-electron chi connectivity index (χ3n) is 6.37. The molecule has 3 aromatic carbocycles. The number of aromatic amines is 1. The van der Waals surface area contributed by atoms with E-state index in [0.717, 1.165) is 16.5 Å². The van der Waals surface area contributed by atoms with Gasteiger partial charge in [0.25, 0.3) is 11.7 Å². The number of Topliss-reactive ketones (excluding diaryl/α,β-unsaturated/α-hetero) is 1.